The lowest BCUT2D eigenvalue weighted by Gasteiger charge is -2.35. The second-order valence-corrected chi connectivity index (χ2v) is 5.16. The Morgan fingerprint density at radius 2 is 1.83 bits per heavy atom. The summed E-state index contributed by atoms with van der Waals surface area (Å²) >= 11 is 0. The molecule has 18 heavy (non-hydrogen) atoms. The summed E-state index contributed by atoms with van der Waals surface area (Å²) in [6.45, 7) is 0.0860. The molecule has 0 radical (unpaired) electrons. The summed E-state index contributed by atoms with van der Waals surface area (Å²) in [6.07, 6.45) is 0.100. The summed E-state index contributed by atoms with van der Waals surface area (Å²) < 4.78 is 35.8. The Bertz CT molecular complexity index is 273. The van der Waals surface area contributed by atoms with Gasteiger partial charge in [0.1, 0.15) is 0 Å². The van der Waals surface area contributed by atoms with Gasteiger partial charge in [-0.3, -0.25) is 4.79 Å². The van der Waals surface area contributed by atoms with Gasteiger partial charge in [-0.1, -0.05) is 19.3 Å². The zero-order valence-corrected chi connectivity index (χ0v) is 10.5. The van der Waals surface area contributed by atoms with Crippen LogP contribution < -0.4 is 11.1 Å². The van der Waals surface area contributed by atoms with Crippen molar-refractivity contribution in [3.8, 4) is 0 Å². The number of carbonyl (C=O) groups is 1. The lowest BCUT2D eigenvalue weighted by molar-refractivity contribution is -0.136. The van der Waals surface area contributed by atoms with Gasteiger partial charge in [-0.25, -0.2) is 0 Å². The molecule has 0 atom stereocenters. The van der Waals surface area contributed by atoms with E-state index in [9.17, 15) is 18.0 Å². The van der Waals surface area contributed by atoms with Gasteiger partial charge in [-0.2, -0.15) is 13.2 Å². The quantitative estimate of drug-likeness (QED) is 0.802. The minimum atomic E-state index is -4.22. The Morgan fingerprint density at radius 3 is 2.33 bits per heavy atom. The van der Waals surface area contributed by atoms with Crippen LogP contribution in [0.25, 0.3) is 0 Å². The monoisotopic (exact) mass is 266 g/mol. The Labute approximate surface area is 105 Å². The molecular weight excluding hydrogens is 245 g/mol. The van der Waals surface area contributed by atoms with Crippen LogP contribution in [0, 0.1) is 5.41 Å². The number of rotatable bonds is 5. The minimum absolute atomic E-state index is 0.194. The second-order valence-electron chi connectivity index (χ2n) is 5.16. The zero-order valence-electron chi connectivity index (χ0n) is 10.5. The normalized spacial score (nSPS) is 19.6. The molecule has 0 aliphatic heterocycles. The summed E-state index contributed by atoms with van der Waals surface area (Å²) in [5.41, 5.74) is 5.53. The number of hydrogen-bond acceptors (Lipinski definition) is 2. The number of nitrogens with one attached hydrogen (secondary N) is 1. The van der Waals surface area contributed by atoms with Crippen LogP contribution in [-0.4, -0.2) is 25.2 Å². The Hall–Kier alpha value is -0.780. The van der Waals surface area contributed by atoms with Crippen LogP contribution in [0.2, 0.25) is 0 Å². The molecule has 0 bridgehead atoms. The van der Waals surface area contributed by atoms with Crippen molar-refractivity contribution >= 4 is 5.91 Å². The van der Waals surface area contributed by atoms with Crippen molar-refractivity contribution in [1.82, 2.24) is 5.32 Å². The molecule has 1 amide bonds. The van der Waals surface area contributed by atoms with E-state index in [4.69, 9.17) is 5.73 Å². The molecule has 6 heteroatoms. The van der Waals surface area contributed by atoms with Gasteiger partial charge in [-0.05, 0) is 24.8 Å². The number of carbonyl (C=O) groups excluding carboxylic acids is 1. The average Bonchev–Trinajstić information content (AvgIpc) is 2.28. The van der Waals surface area contributed by atoms with Gasteiger partial charge < -0.3 is 11.1 Å². The van der Waals surface area contributed by atoms with Crippen LogP contribution in [0.4, 0.5) is 13.2 Å². The molecule has 0 aromatic rings. The third kappa shape index (κ3) is 5.25. The van der Waals surface area contributed by atoms with E-state index in [0.29, 0.717) is 6.54 Å². The molecule has 1 rings (SSSR count). The first kappa shape index (κ1) is 15.3. The van der Waals surface area contributed by atoms with Crippen molar-refractivity contribution in [3.63, 3.8) is 0 Å². The molecule has 3 nitrogen and oxygen atoms in total. The first-order valence-electron chi connectivity index (χ1n) is 6.40. The molecular formula is C12H21F3N2O. The lowest BCUT2D eigenvalue weighted by atomic mass is 9.71. The molecule has 0 heterocycles. The maximum absolute atomic E-state index is 11.9. The molecule has 0 aromatic carbocycles. The van der Waals surface area contributed by atoms with E-state index in [1.54, 1.807) is 0 Å². The SMILES string of the molecule is NCC1(CC(=O)NCCC(F)(F)F)CCCCC1. The van der Waals surface area contributed by atoms with E-state index in [2.05, 4.69) is 5.32 Å². The molecule has 0 aromatic heterocycles. The van der Waals surface area contributed by atoms with E-state index in [0.717, 1.165) is 32.1 Å². The highest BCUT2D eigenvalue weighted by molar-refractivity contribution is 5.76. The van der Waals surface area contributed by atoms with Gasteiger partial charge >= 0.3 is 6.18 Å². The van der Waals surface area contributed by atoms with E-state index in [1.807, 2.05) is 0 Å². The summed E-state index contributed by atoms with van der Waals surface area (Å²) in [5, 5.41) is 2.33. The molecule has 1 fully saturated rings. The molecule has 1 saturated carbocycles. The fourth-order valence-corrected chi connectivity index (χ4v) is 2.50. The minimum Gasteiger partial charge on any atom is -0.356 e. The highest BCUT2D eigenvalue weighted by Crippen LogP contribution is 2.38. The van der Waals surface area contributed by atoms with Crippen molar-refractivity contribution in [2.45, 2.75) is 51.1 Å². The van der Waals surface area contributed by atoms with Crippen molar-refractivity contribution in [2.75, 3.05) is 13.1 Å². The first-order chi connectivity index (χ1) is 8.37. The topological polar surface area (TPSA) is 55.1 Å². The Morgan fingerprint density at radius 1 is 1.22 bits per heavy atom. The number of alkyl halides is 3. The third-order valence-corrected chi connectivity index (χ3v) is 3.61. The molecule has 0 spiro atoms. The standard InChI is InChI=1S/C12H21F3N2O/c13-12(14,15)6-7-17-10(18)8-11(9-16)4-2-1-3-5-11/h1-9,16H2,(H,17,18). The molecule has 1 aliphatic carbocycles. The molecule has 3 N–H and O–H groups in total. The summed E-state index contributed by atoms with van der Waals surface area (Å²) in [6, 6.07) is 0. The van der Waals surface area contributed by atoms with Gasteiger partial charge in [0.2, 0.25) is 5.91 Å². The molecule has 0 unspecified atom stereocenters. The highest BCUT2D eigenvalue weighted by Gasteiger charge is 2.33. The van der Waals surface area contributed by atoms with Crippen molar-refractivity contribution < 1.29 is 18.0 Å². The summed E-state index contributed by atoms with van der Waals surface area (Å²) in [7, 11) is 0. The maximum atomic E-state index is 11.9. The second kappa shape index (κ2) is 6.41. The average molecular weight is 266 g/mol. The highest BCUT2D eigenvalue weighted by atomic mass is 19.4. The summed E-state index contributed by atoms with van der Waals surface area (Å²) in [5.74, 6) is -0.313. The van der Waals surface area contributed by atoms with Crippen LogP contribution in [-0.2, 0) is 4.79 Å². The Balaban J connectivity index is 2.33. The van der Waals surface area contributed by atoms with E-state index in [-0.39, 0.29) is 24.3 Å². The maximum Gasteiger partial charge on any atom is 0.390 e. The number of hydrogen-bond donors (Lipinski definition) is 2. The van der Waals surface area contributed by atoms with Gasteiger partial charge in [0.25, 0.3) is 0 Å². The van der Waals surface area contributed by atoms with Crippen LogP contribution in [0.15, 0.2) is 0 Å². The molecule has 1 aliphatic rings. The number of nitrogens with two attached hydrogens (primary N) is 1. The van der Waals surface area contributed by atoms with Crippen LogP contribution in [0.1, 0.15) is 44.9 Å². The van der Waals surface area contributed by atoms with E-state index >= 15 is 0 Å². The van der Waals surface area contributed by atoms with Crippen LogP contribution >= 0.6 is 0 Å². The Kier molecular flexibility index (Phi) is 5.44. The largest absolute Gasteiger partial charge is 0.390 e. The van der Waals surface area contributed by atoms with Gasteiger partial charge in [0.15, 0.2) is 0 Å². The smallest absolute Gasteiger partial charge is 0.356 e. The predicted molar refractivity (Wildman–Crippen MR) is 62.9 cm³/mol. The zero-order chi connectivity index (χ0) is 13.6. The predicted octanol–water partition coefficient (Wildman–Crippen LogP) is 2.35. The van der Waals surface area contributed by atoms with Crippen molar-refractivity contribution in [1.29, 1.82) is 0 Å². The number of amides is 1. The number of halogens is 3. The lowest BCUT2D eigenvalue weighted by Crippen LogP contribution is -2.39. The van der Waals surface area contributed by atoms with Crippen LogP contribution in [0.3, 0.4) is 0 Å². The van der Waals surface area contributed by atoms with Crippen molar-refractivity contribution in [3.05, 3.63) is 0 Å². The fraction of sp³-hybridized carbons (Fsp3) is 0.917. The molecule has 0 saturated heterocycles. The van der Waals surface area contributed by atoms with Gasteiger partial charge in [0, 0.05) is 13.0 Å². The van der Waals surface area contributed by atoms with Gasteiger partial charge in [0.05, 0.1) is 6.42 Å². The fourth-order valence-electron chi connectivity index (χ4n) is 2.50. The first-order valence-corrected chi connectivity index (χ1v) is 6.40. The van der Waals surface area contributed by atoms with Crippen LogP contribution in [0.5, 0.6) is 0 Å². The van der Waals surface area contributed by atoms with E-state index in [1.165, 1.54) is 0 Å². The third-order valence-electron chi connectivity index (χ3n) is 3.61. The van der Waals surface area contributed by atoms with Crippen molar-refractivity contribution in [2.24, 2.45) is 11.1 Å². The summed E-state index contributed by atoms with van der Waals surface area (Å²) in [4.78, 5) is 11.6. The molecule has 106 valence electrons. The van der Waals surface area contributed by atoms with Gasteiger partial charge in [-0.15, -0.1) is 0 Å². The van der Waals surface area contributed by atoms with E-state index < -0.39 is 12.6 Å².